The van der Waals surface area contributed by atoms with E-state index in [-0.39, 0.29) is 6.61 Å². The van der Waals surface area contributed by atoms with E-state index < -0.39 is 13.7 Å². The standard InChI is InChI=1S/C10H16O2Si/c1-13(2,3)8-6-10(9-11)5-4-7-12-10/h4-5,11H,7,9H2,1-3H3/t10-/m1/s1. The van der Waals surface area contributed by atoms with E-state index in [1.807, 2.05) is 12.2 Å². The fourth-order valence-electron chi connectivity index (χ4n) is 0.992. The van der Waals surface area contributed by atoms with E-state index in [1.54, 1.807) is 0 Å². The van der Waals surface area contributed by atoms with Crippen molar-refractivity contribution in [3.63, 3.8) is 0 Å². The van der Waals surface area contributed by atoms with Crippen LogP contribution in [0.15, 0.2) is 12.2 Å². The van der Waals surface area contributed by atoms with Crippen LogP contribution in [-0.2, 0) is 4.74 Å². The first-order valence-corrected chi connectivity index (χ1v) is 7.94. The molecule has 0 radical (unpaired) electrons. The van der Waals surface area contributed by atoms with Gasteiger partial charge >= 0.3 is 0 Å². The van der Waals surface area contributed by atoms with Gasteiger partial charge in [0.05, 0.1) is 13.2 Å². The molecule has 0 aromatic carbocycles. The molecule has 1 rings (SSSR count). The molecule has 0 saturated carbocycles. The van der Waals surface area contributed by atoms with E-state index >= 15 is 0 Å². The van der Waals surface area contributed by atoms with Crippen LogP contribution in [0.3, 0.4) is 0 Å². The number of hydrogen-bond donors (Lipinski definition) is 1. The first kappa shape index (κ1) is 10.5. The maximum absolute atomic E-state index is 9.15. The van der Waals surface area contributed by atoms with Gasteiger partial charge in [0, 0.05) is 0 Å². The summed E-state index contributed by atoms with van der Waals surface area (Å²) in [6.45, 7) is 7.01. The summed E-state index contributed by atoms with van der Waals surface area (Å²) in [5.41, 5.74) is 2.50. The third-order valence-corrected chi connectivity index (χ3v) is 2.58. The van der Waals surface area contributed by atoms with Gasteiger partial charge in [0.25, 0.3) is 0 Å². The van der Waals surface area contributed by atoms with Gasteiger partial charge in [-0.15, -0.1) is 5.54 Å². The third kappa shape index (κ3) is 3.00. The normalized spacial score (nSPS) is 27.1. The van der Waals surface area contributed by atoms with E-state index in [0.717, 1.165) is 0 Å². The Morgan fingerprint density at radius 1 is 1.54 bits per heavy atom. The number of rotatable bonds is 1. The third-order valence-electron chi connectivity index (χ3n) is 1.71. The molecule has 1 atom stereocenters. The Balaban J connectivity index is 2.78. The van der Waals surface area contributed by atoms with E-state index in [4.69, 9.17) is 9.84 Å². The monoisotopic (exact) mass is 196 g/mol. The molecule has 1 aliphatic rings. The largest absolute Gasteiger partial charge is 0.392 e. The summed E-state index contributed by atoms with van der Waals surface area (Å²) in [6, 6.07) is 0. The molecule has 3 heteroatoms. The fraction of sp³-hybridized carbons (Fsp3) is 0.600. The summed E-state index contributed by atoms with van der Waals surface area (Å²) >= 11 is 0. The maximum atomic E-state index is 9.15. The Hall–Kier alpha value is -0.563. The minimum Gasteiger partial charge on any atom is -0.392 e. The van der Waals surface area contributed by atoms with Crippen molar-refractivity contribution in [2.45, 2.75) is 25.2 Å². The molecule has 0 aromatic heterocycles. The summed E-state index contributed by atoms with van der Waals surface area (Å²) in [6.07, 6.45) is 3.75. The average molecular weight is 196 g/mol. The lowest BCUT2D eigenvalue weighted by Gasteiger charge is -2.18. The van der Waals surface area contributed by atoms with Gasteiger partial charge in [0.15, 0.2) is 5.60 Å². The fourth-order valence-corrected chi connectivity index (χ4v) is 1.58. The van der Waals surface area contributed by atoms with Crippen LogP contribution in [0.25, 0.3) is 0 Å². The van der Waals surface area contributed by atoms with Gasteiger partial charge in [0.2, 0.25) is 0 Å². The highest BCUT2D eigenvalue weighted by atomic mass is 28.3. The topological polar surface area (TPSA) is 29.5 Å². The molecule has 0 aliphatic carbocycles. The van der Waals surface area contributed by atoms with Crippen LogP contribution < -0.4 is 0 Å². The summed E-state index contributed by atoms with van der Waals surface area (Å²) in [5.74, 6) is 3.04. The van der Waals surface area contributed by atoms with Crippen molar-refractivity contribution in [2.75, 3.05) is 13.2 Å². The van der Waals surface area contributed by atoms with Crippen LogP contribution in [0.2, 0.25) is 19.6 Å². The molecule has 0 aromatic rings. The van der Waals surface area contributed by atoms with Gasteiger partial charge < -0.3 is 9.84 Å². The van der Waals surface area contributed by atoms with E-state index in [2.05, 4.69) is 31.1 Å². The van der Waals surface area contributed by atoms with Crippen molar-refractivity contribution in [1.82, 2.24) is 0 Å². The number of ether oxygens (including phenoxy) is 1. The van der Waals surface area contributed by atoms with Crippen molar-refractivity contribution in [2.24, 2.45) is 0 Å². The molecule has 1 aliphatic heterocycles. The van der Waals surface area contributed by atoms with Crippen LogP contribution in [0.1, 0.15) is 0 Å². The van der Waals surface area contributed by atoms with E-state index in [9.17, 15) is 0 Å². The number of aliphatic hydroxyl groups is 1. The second-order valence-electron chi connectivity index (χ2n) is 4.26. The lowest BCUT2D eigenvalue weighted by atomic mass is 10.1. The Morgan fingerprint density at radius 2 is 2.23 bits per heavy atom. The van der Waals surface area contributed by atoms with Gasteiger partial charge in [-0.25, -0.2) is 0 Å². The van der Waals surface area contributed by atoms with Crippen molar-refractivity contribution in [1.29, 1.82) is 0 Å². The summed E-state index contributed by atoms with van der Waals surface area (Å²) in [7, 11) is -1.37. The molecule has 0 spiro atoms. The molecule has 0 amide bonds. The second-order valence-corrected chi connectivity index (χ2v) is 9.01. The molecular weight excluding hydrogens is 180 g/mol. The van der Waals surface area contributed by atoms with Gasteiger partial charge in [-0.05, 0) is 6.08 Å². The Morgan fingerprint density at radius 3 is 2.62 bits per heavy atom. The zero-order valence-electron chi connectivity index (χ0n) is 8.42. The molecule has 1 N–H and O–H groups in total. The Bertz CT molecular complexity index is 267. The molecule has 1 heterocycles. The van der Waals surface area contributed by atoms with Crippen LogP contribution in [0.5, 0.6) is 0 Å². The predicted octanol–water partition coefficient (Wildman–Crippen LogP) is 1.18. The summed E-state index contributed by atoms with van der Waals surface area (Å²) < 4.78 is 5.37. The maximum Gasteiger partial charge on any atom is 0.169 e. The molecule has 2 nitrogen and oxygen atoms in total. The first-order chi connectivity index (χ1) is 5.97. The highest BCUT2D eigenvalue weighted by Crippen LogP contribution is 2.17. The van der Waals surface area contributed by atoms with Crippen molar-refractivity contribution < 1.29 is 9.84 Å². The second kappa shape index (κ2) is 3.67. The van der Waals surface area contributed by atoms with Gasteiger partial charge in [0.1, 0.15) is 8.07 Å². The van der Waals surface area contributed by atoms with Crippen LogP contribution >= 0.6 is 0 Å². The van der Waals surface area contributed by atoms with Gasteiger partial charge in [-0.3, -0.25) is 0 Å². The number of hydrogen-bond acceptors (Lipinski definition) is 2. The quantitative estimate of drug-likeness (QED) is 0.388. The molecule has 0 bridgehead atoms. The SMILES string of the molecule is C[Si](C)(C)C#C[C@@]1(CO)C=CCO1. The smallest absolute Gasteiger partial charge is 0.169 e. The molecule has 0 saturated heterocycles. The zero-order valence-corrected chi connectivity index (χ0v) is 9.42. The minimum atomic E-state index is -1.37. The highest BCUT2D eigenvalue weighted by molar-refractivity contribution is 6.83. The summed E-state index contributed by atoms with van der Waals surface area (Å²) in [5, 5.41) is 9.15. The van der Waals surface area contributed by atoms with Crippen molar-refractivity contribution in [3.8, 4) is 11.5 Å². The van der Waals surface area contributed by atoms with Crippen LogP contribution in [0, 0.1) is 11.5 Å². The molecule has 0 unspecified atom stereocenters. The molecule has 72 valence electrons. The van der Waals surface area contributed by atoms with Gasteiger partial charge in [-0.2, -0.15) is 0 Å². The molecule has 0 fully saturated rings. The Labute approximate surface area is 80.6 Å². The van der Waals surface area contributed by atoms with Crippen molar-refractivity contribution >= 4 is 8.07 Å². The van der Waals surface area contributed by atoms with E-state index in [1.165, 1.54) is 0 Å². The highest BCUT2D eigenvalue weighted by Gasteiger charge is 2.28. The minimum absolute atomic E-state index is 0.0546. The predicted molar refractivity (Wildman–Crippen MR) is 56.0 cm³/mol. The number of aliphatic hydroxyl groups excluding tert-OH is 1. The van der Waals surface area contributed by atoms with Crippen LogP contribution in [-0.4, -0.2) is 32.0 Å². The van der Waals surface area contributed by atoms with E-state index in [0.29, 0.717) is 6.61 Å². The molecule has 13 heavy (non-hydrogen) atoms. The first-order valence-electron chi connectivity index (χ1n) is 4.44. The molecular formula is C10H16O2Si. The lowest BCUT2D eigenvalue weighted by Crippen LogP contribution is -2.31. The van der Waals surface area contributed by atoms with Crippen LogP contribution in [0.4, 0.5) is 0 Å². The zero-order chi connectivity index (χ0) is 9.95. The average Bonchev–Trinajstić information content (AvgIpc) is 2.49. The summed E-state index contributed by atoms with van der Waals surface area (Å²) in [4.78, 5) is 0. The Kier molecular flexibility index (Phi) is 2.97. The lowest BCUT2D eigenvalue weighted by molar-refractivity contribution is 0.0250. The van der Waals surface area contributed by atoms with Crippen molar-refractivity contribution in [3.05, 3.63) is 12.2 Å². The van der Waals surface area contributed by atoms with Gasteiger partial charge in [-0.1, -0.05) is 31.6 Å².